The zero-order chi connectivity index (χ0) is 35.0. The maximum absolute atomic E-state index is 15.3. The molecule has 2 N–H and O–H groups in total. The Bertz CT molecular complexity index is 2160. The van der Waals surface area contributed by atoms with Crippen LogP contribution >= 0.6 is 7.75 Å². The monoisotopic (exact) mass is 695 g/mol. The number of pyridine rings is 2. The summed E-state index contributed by atoms with van der Waals surface area (Å²) in [6, 6.07) is 2.47. The van der Waals surface area contributed by atoms with Crippen molar-refractivity contribution in [2.24, 2.45) is 0 Å². The van der Waals surface area contributed by atoms with Crippen molar-refractivity contribution in [3.63, 3.8) is 0 Å². The number of carbonyl (C=O) groups excluding carboxylic acids is 2. The van der Waals surface area contributed by atoms with Crippen molar-refractivity contribution in [3.8, 4) is 11.4 Å². The molecule has 4 aromatic rings. The number of aromatic nitrogens is 4. The molecule has 0 spiro atoms. The molecule has 0 saturated carbocycles. The number of fused-ring (bicyclic) bond motifs is 5. The van der Waals surface area contributed by atoms with Crippen LogP contribution in [0.4, 0.5) is 9.18 Å². The molecule has 3 atom stereocenters. The summed E-state index contributed by atoms with van der Waals surface area (Å²) in [7, 11) is -4.41. The molecule has 0 bridgehead atoms. The van der Waals surface area contributed by atoms with Gasteiger partial charge in [-0.15, -0.1) is 0 Å². The van der Waals surface area contributed by atoms with Gasteiger partial charge < -0.3 is 29.0 Å². The van der Waals surface area contributed by atoms with E-state index in [2.05, 4.69) is 10.3 Å². The number of alkyl carbamates (subject to hydrolysis) is 1. The first kappa shape index (κ1) is 33.1. The standard InChI is InChI=1S/C33H35FN5O9P/c1-6-33(46-16-47-49(43,44)38-10-9-35-15-38)21-11-25-28-19(13-39(25)29(40)20(21)14-45-30(33)41)27-23(37-31(42)48-32(3,4)5)8-7-18-17(2)22(34)12-24(36-28)26(18)27/h9-12,15,23H,6-8,13-14,16H2,1-5H3,(H,37,42)(H,43,44)/t23-,33-/m0/s1. The van der Waals surface area contributed by atoms with Crippen LogP contribution in [0.15, 0.2) is 35.6 Å². The smallest absolute Gasteiger partial charge is 0.439 e. The molecule has 0 saturated heterocycles. The highest BCUT2D eigenvalue weighted by atomic mass is 31.2. The molecule has 49 heavy (non-hydrogen) atoms. The topological polar surface area (TPSA) is 173 Å². The van der Waals surface area contributed by atoms with Crippen molar-refractivity contribution in [3.05, 3.63) is 80.4 Å². The molecule has 3 aromatic heterocycles. The molecule has 3 aliphatic rings. The third-order valence-electron chi connectivity index (χ3n) is 9.35. The van der Waals surface area contributed by atoms with Gasteiger partial charge in [0.25, 0.3) is 5.56 Å². The number of nitrogens with zero attached hydrogens (tertiary/aromatic N) is 4. The van der Waals surface area contributed by atoms with Crippen molar-refractivity contribution < 1.29 is 42.2 Å². The van der Waals surface area contributed by atoms with Gasteiger partial charge in [-0.25, -0.2) is 32.9 Å². The number of esters is 1. The van der Waals surface area contributed by atoms with Crippen LogP contribution in [-0.2, 0) is 53.3 Å². The second-order valence-corrected chi connectivity index (χ2v) is 15.0. The van der Waals surface area contributed by atoms with Crippen molar-refractivity contribution in [2.75, 3.05) is 6.79 Å². The minimum absolute atomic E-state index is 0.00905. The fourth-order valence-corrected chi connectivity index (χ4v) is 7.78. The second-order valence-electron chi connectivity index (χ2n) is 13.3. The summed E-state index contributed by atoms with van der Waals surface area (Å²) in [6.07, 6.45) is 4.00. The summed E-state index contributed by atoms with van der Waals surface area (Å²) in [6.45, 7) is 7.66. The molecule has 7 rings (SSSR count). The van der Waals surface area contributed by atoms with Gasteiger partial charge >= 0.3 is 19.8 Å². The van der Waals surface area contributed by atoms with Crippen LogP contribution in [0.5, 0.6) is 0 Å². The molecule has 0 radical (unpaired) electrons. The Morgan fingerprint density at radius 1 is 1.24 bits per heavy atom. The van der Waals surface area contributed by atoms with E-state index in [4.69, 9.17) is 23.7 Å². The van der Waals surface area contributed by atoms with Crippen LogP contribution < -0.4 is 10.9 Å². The van der Waals surface area contributed by atoms with Crippen LogP contribution in [0, 0.1) is 12.7 Å². The van der Waals surface area contributed by atoms with Gasteiger partial charge in [-0.05, 0) is 69.7 Å². The number of carbonyl (C=O) groups is 2. The minimum atomic E-state index is -4.41. The van der Waals surface area contributed by atoms with E-state index < -0.39 is 55.2 Å². The van der Waals surface area contributed by atoms with Crippen LogP contribution in [-0.4, -0.2) is 48.2 Å². The van der Waals surface area contributed by atoms with E-state index in [9.17, 15) is 23.8 Å². The number of nitrogens with one attached hydrogen (secondary N) is 1. The number of imidazole rings is 1. The van der Waals surface area contributed by atoms with Crippen molar-refractivity contribution in [2.45, 2.75) is 84.3 Å². The number of benzene rings is 1. The highest BCUT2D eigenvalue weighted by Crippen LogP contribution is 2.48. The molecule has 1 aromatic carbocycles. The average Bonchev–Trinajstić information content (AvgIpc) is 3.70. The maximum atomic E-state index is 15.3. The van der Waals surface area contributed by atoms with E-state index in [0.29, 0.717) is 40.9 Å². The van der Waals surface area contributed by atoms with E-state index in [1.54, 1.807) is 40.7 Å². The Hall–Kier alpha value is -4.43. The lowest BCUT2D eigenvalue weighted by molar-refractivity contribution is -0.192. The number of hydrogen-bond donors (Lipinski definition) is 2. The third-order valence-corrected chi connectivity index (χ3v) is 10.6. The summed E-state index contributed by atoms with van der Waals surface area (Å²) in [5, 5.41) is 3.72. The van der Waals surface area contributed by atoms with Gasteiger partial charge in [-0.2, -0.15) is 0 Å². The molecule has 5 heterocycles. The van der Waals surface area contributed by atoms with E-state index in [0.717, 1.165) is 27.2 Å². The highest BCUT2D eigenvalue weighted by molar-refractivity contribution is 7.51. The van der Waals surface area contributed by atoms with Gasteiger partial charge in [0.1, 0.15) is 24.4 Å². The van der Waals surface area contributed by atoms with Gasteiger partial charge in [0.2, 0.25) is 0 Å². The molecule has 258 valence electrons. The summed E-state index contributed by atoms with van der Waals surface area (Å²) < 4.78 is 52.5. The maximum Gasteiger partial charge on any atom is 0.439 e. The van der Waals surface area contributed by atoms with E-state index in [-0.39, 0.29) is 30.7 Å². The van der Waals surface area contributed by atoms with Crippen LogP contribution in [0.2, 0.25) is 0 Å². The molecule has 2 aliphatic heterocycles. The van der Waals surface area contributed by atoms with E-state index in [1.165, 1.54) is 23.0 Å². The normalized spacial score (nSPS) is 20.6. The van der Waals surface area contributed by atoms with Gasteiger partial charge in [-0.3, -0.25) is 9.32 Å². The predicted molar refractivity (Wildman–Crippen MR) is 172 cm³/mol. The molecule has 0 fully saturated rings. The van der Waals surface area contributed by atoms with Crippen molar-refractivity contribution in [1.82, 2.24) is 24.2 Å². The Morgan fingerprint density at radius 2 is 2.02 bits per heavy atom. The molecular weight excluding hydrogens is 660 g/mol. The lowest BCUT2D eigenvalue weighted by Crippen LogP contribution is -2.46. The number of ether oxygens (including phenoxy) is 3. The second kappa shape index (κ2) is 11.6. The highest BCUT2D eigenvalue weighted by Gasteiger charge is 2.49. The number of halogens is 1. The fourth-order valence-electron chi connectivity index (χ4n) is 7.04. The molecule has 1 unspecified atom stereocenters. The summed E-state index contributed by atoms with van der Waals surface area (Å²) in [5.41, 5.74) is 1.17. The summed E-state index contributed by atoms with van der Waals surface area (Å²) in [5.74, 6) is -1.22. The summed E-state index contributed by atoms with van der Waals surface area (Å²) in [4.78, 5) is 59.6. The fraction of sp³-hybridized carbons (Fsp3) is 0.424. The number of rotatable bonds is 7. The first-order chi connectivity index (χ1) is 23.1. The quantitative estimate of drug-likeness (QED) is 0.135. The van der Waals surface area contributed by atoms with E-state index in [1.807, 2.05) is 0 Å². The largest absolute Gasteiger partial charge is 0.458 e. The van der Waals surface area contributed by atoms with E-state index >= 15 is 4.39 Å². The number of hydrogen-bond acceptors (Lipinski definition) is 10. The molecule has 1 amide bonds. The van der Waals surface area contributed by atoms with Gasteiger partial charge in [0.05, 0.1) is 35.1 Å². The molecule has 1 aliphatic carbocycles. The zero-order valence-electron chi connectivity index (χ0n) is 27.5. The van der Waals surface area contributed by atoms with Crippen LogP contribution in [0.3, 0.4) is 0 Å². The SMILES string of the molecule is CC[C@@]1(OCOP(=O)(O)n2ccnc2)C(=O)OCc2c1cc1n(c2=O)Cc2c-1nc1cc(F)c(C)c3c1c2[C@@H](NC(=O)OC(C)(C)C)CC3. The Balaban J connectivity index is 1.35. The number of cyclic esters (lactones) is 1. The Kier molecular flexibility index (Phi) is 7.82. The number of aryl methyl sites for hydroxylation is 1. The zero-order valence-corrected chi connectivity index (χ0v) is 28.4. The third kappa shape index (κ3) is 5.36. The van der Waals surface area contributed by atoms with Crippen molar-refractivity contribution >= 4 is 30.7 Å². The van der Waals surface area contributed by atoms with Gasteiger partial charge in [0, 0.05) is 35.0 Å². The van der Waals surface area contributed by atoms with Crippen LogP contribution in [0.1, 0.15) is 80.0 Å². The number of amides is 1. The molecule has 14 nitrogen and oxygen atoms in total. The first-order valence-corrected chi connectivity index (χ1v) is 17.4. The average molecular weight is 696 g/mol. The van der Waals surface area contributed by atoms with Crippen LogP contribution in [0.25, 0.3) is 22.3 Å². The van der Waals surface area contributed by atoms with Gasteiger partial charge in [-0.1, -0.05) is 6.92 Å². The lowest BCUT2D eigenvalue weighted by atomic mass is 9.81. The predicted octanol–water partition coefficient (Wildman–Crippen LogP) is 4.88. The Labute approximate surface area is 279 Å². The molecular formula is C33H35FN5O9P. The molecule has 16 heteroatoms. The summed E-state index contributed by atoms with van der Waals surface area (Å²) >= 11 is 0. The van der Waals surface area contributed by atoms with Gasteiger partial charge in [0.15, 0.2) is 12.4 Å². The van der Waals surface area contributed by atoms with Crippen molar-refractivity contribution in [1.29, 1.82) is 0 Å². The first-order valence-electron chi connectivity index (χ1n) is 15.8. The lowest BCUT2D eigenvalue weighted by Gasteiger charge is -2.36. The minimum Gasteiger partial charge on any atom is -0.458 e. The Morgan fingerprint density at radius 3 is 2.71 bits per heavy atom.